The molecule has 1 fully saturated rings. The Labute approximate surface area is 113 Å². The molecule has 1 aliphatic rings. The normalized spacial score (nSPS) is 16.7. The summed E-state index contributed by atoms with van der Waals surface area (Å²) in [4.78, 5) is 14.5. The number of benzene rings is 1. The Bertz CT molecular complexity index is 442. The fourth-order valence-electron chi connectivity index (χ4n) is 2.23. The van der Waals surface area contributed by atoms with Gasteiger partial charge >= 0.3 is 0 Å². The van der Waals surface area contributed by atoms with Crippen molar-refractivity contribution in [3.8, 4) is 0 Å². The minimum atomic E-state index is -0.494. The molecule has 0 aliphatic heterocycles. The highest BCUT2D eigenvalue weighted by Gasteiger charge is 2.32. The maximum absolute atomic E-state index is 12.5. The van der Waals surface area contributed by atoms with Gasteiger partial charge in [0.05, 0.1) is 4.99 Å². The van der Waals surface area contributed by atoms with Crippen LogP contribution in [0, 0.1) is 0 Å². The molecule has 1 aliphatic carbocycles. The highest BCUT2D eigenvalue weighted by atomic mass is 32.1. The van der Waals surface area contributed by atoms with Gasteiger partial charge in [0, 0.05) is 13.1 Å². The van der Waals surface area contributed by atoms with E-state index >= 15 is 0 Å². The van der Waals surface area contributed by atoms with Gasteiger partial charge in [-0.25, -0.2) is 0 Å². The number of carbonyl (C=O) groups excluding carboxylic acids is 1. The monoisotopic (exact) mass is 262 g/mol. The average Bonchev–Trinajstić information content (AvgIpc) is 2.27. The Kier molecular flexibility index (Phi) is 3.97. The number of hydrogen-bond acceptors (Lipinski definition) is 2. The second-order valence-electron chi connectivity index (χ2n) is 4.78. The standard InChI is InChI=1S/C14H18N2OS/c1-16(11-8-5-9-11)14(17)12(13(15)18)10-6-3-2-4-7-10/h2-4,6-7,11-12H,5,8-9H2,1H3,(H2,15,18). The molecule has 1 aromatic carbocycles. The zero-order chi connectivity index (χ0) is 13.1. The summed E-state index contributed by atoms with van der Waals surface area (Å²) in [5, 5.41) is 0. The van der Waals surface area contributed by atoms with Gasteiger partial charge in [-0.2, -0.15) is 0 Å². The molecule has 0 heterocycles. The van der Waals surface area contributed by atoms with Crippen molar-refractivity contribution in [2.24, 2.45) is 5.73 Å². The third-order valence-electron chi connectivity index (χ3n) is 3.63. The Morgan fingerprint density at radius 3 is 2.44 bits per heavy atom. The lowest BCUT2D eigenvalue weighted by molar-refractivity contribution is -0.133. The van der Waals surface area contributed by atoms with Crippen molar-refractivity contribution < 1.29 is 4.79 Å². The summed E-state index contributed by atoms with van der Waals surface area (Å²) in [6.07, 6.45) is 3.37. The summed E-state index contributed by atoms with van der Waals surface area (Å²) >= 11 is 5.07. The first-order valence-corrected chi connectivity index (χ1v) is 6.63. The SMILES string of the molecule is CN(C(=O)C(C(N)=S)c1ccccc1)C1CCC1. The van der Waals surface area contributed by atoms with E-state index in [1.54, 1.807) is 4.90 Å². The van der Waals surface area contributed by atoms with E-state index < -0.39 is 5.92 Å². The van der Waals surface area contributed by atoms with Crippen LogP contribution in [0.1, 0.15) is 30.7 Å². The minimum absolute atomic E-state index is 0.0124. The van der Waals surface area contributed by atoms with E-state index in [9.17, 15) is 4.79 Å². The number of nitrogens with zero attached hydrogens (tertiary/aromatic N) is 1. The Morgan fingerprint density at radius 2 is 2.00 bits per heavy atom. The quantitative estimate of drug-likeness (QED) is 0.845. The maximum atomic E-state index is 12.5. The molecule has 3 nitrogen and oxygen atoms in total. The first kappa shape index (κ1) is 13.0. The van der Waals surface area contributed by atoms with Crippen molar-refractivity contribution in [1.82, 2.24) is 4.90 Å². The minimum Gasteiger partial charge on any atom is -0.392 e. The fourth-order valence-corrected chi connectivity index (χ4v) is 2.47. The van der Waals surface area contributed by atoms with E-state index in [1.165, 1.54) is 6.42 Å². The van der Waals surface area contributed by atoms with Crippen LogP contribution in [0.25, 0.3) is 0 Å². The first-order chi connectivity index (χ1) is 8.61. The molecular weight excluding hydrogens is 244 g/mol. The van der Waals surface area contributed by atoms with Crippen LogP contribution in [0.2, 0.25) is 0 Å². The average molecular weight is 262 g/mol. The number of thiocarbonyl (C=S) groups is 1. The van der Waals surface area contributed by atoms with Gasteiger partial charge in [0.15, 0.2) is 0 Å². The molecule has 1 aromatic rings. The van der Waals surface area contributed by atoms with Gasteiger partial charge in [0.1, 0.15) is 5.92 Å². The van der Waals surface area contributed by atoms with E-state index in [1.807, 2.05) is 37.4 Å². The number of carbonyl (C=O) groups is 1. The third-order valence-corrected chi connectivity index (χ3v) is 3.87. The molecule has 2 rings (SSSR count). The zero-order valence-corrected chi connectivity index (χ0v) is 11.3. The molecule has 1 unspecified atom stereocenters. The van der Waals surface area contributed by atoms with Crippen molar-refractivity contribution in [1.29, 1.82) is 0 Å². The second kappa shape index (κ2) is 5.48. The summed E-state index contributed by atoms with van der Waals surface area (Å²) in [6, 6.07) is 9.87. The number of hydrogen-bond donors (Lipinski definition) is 1. The molecule has 1 saturated carbocycles. The van der Waals surface area contributed by atoms with Crippen LogP contribution in [0.15, 0.2) is 30.3 Å². The van der Waals surface area contributed by atoms with E-state index in [0.29, 0.717) is 6.04 Å². The van der Waals surface area contributed by atoms with E-state index in [2.05, 4.69) is 0 Å². The van der Waals surface area contributed by atoms with Crippen LogP contribution in [-0.4, -0.2) is 28.9 Å². The van der Waals surface area contributed by atoms with Crippen LogP contribution in [-0.2, 0) is 4.79 Å². The smallest absolute Gasteiger partial charge is 0.236 e. The predicted molar refractivity (Wildman–Crippen MR) is 76.4 cm³/mol. The van der Waals surface area contributed by atoms with E-state index in [-0.39, 0.29) is 10.9 Å². The first-order valence-electron chi connectivity index (χ1n) is 6.22. The molecule has 0 aromatic heterocycles. The molecule has 96 valence electrons. The van der Waals surface area contributed by atoms with Gasteiger partial charge < -0.3 is 10.6 Å². The third kappa shape index (κ3) is 2.53. The highest BCUT2D eigenvalue weighted by Crippen LogP contribution is 2.27. The molecule has 0 radical (unpaired) electrons. The van der Waals surface area contributed by atoms with Gasteiger partial charge in [-0.1, -0.05) is 42.5 Å². The molecule has 1 amide bonds. The lowest BCUT2D eigenvalue weighted by atomic mass is 9.89. The topological polar surface area (TPSA) is 46.3 Å². The summed E-state index contributed by atoms with van der Waals surface area (Å²) in [5.74, 6) is -0.481. The van der Waals surface area contributed by atoms with Gasteiger partial charge in [0.2, 0.25) is 5.91 Å². The van der Waals surface area contributed by atoms with E-state index in [4.69, 9.17) is 18.0 Å². The summed E-state index contributed by atoms with van der Waals surface area (Å²) < 4.78 is 0. The van der Waals surface area contributed by atoms with Crippen molar-refractivity contribution in [3.05, 3.63) is 35.9 Å². The van der Waals surface area contributed by atoms with Crippen molar-refractivity contribution in [3.63, 3.8) is 0 Å². The summed E-state index contributed by atoms with van der Waals surface area (Å²) in [6.45, 7) is 0. The van der Waals surface area contributed by atoms with Gasteiger partial charge in [-0.3, -0.25) is 4.79 Å². The largest absolute Gasteiger partial charge is 0.392 e. The van der Waals surface area contributed by atoms with Crippen LogP contribution >= 0.6 is 12.2 Å². The Hall–Kier alpha value is -1.42. The number of nitrogens with two attached hydrogens (primary N) is 1. The number of amides is 1. The Balaban J connectivity index is 2.20. The lowest BCUT2D eigenvalue weighted by Crippen LogP contribution is -2.45. The molecule has 0 bridgehead atoms. The highest BCUT2D eigenvalue weighted by molar-refractivity contribution is 7.80. The van der Waals surface area contributed by atoms with Crippen LogP contribution in [0.5, 0.6) is 0 Å². The van der Waals surface area contributed by atoms with Gasteiger partial charge in [-0.05, 0) is 24.8 Å². The second-order valence-corrected chi connectivity index (χ2v) is 5.25. The van der Waals surface area contributed by atoms with E-state index in [0.717, 1.165) is 18.4 Å². The summed E-state index contributed by atoms with van der Waals surface area (Å²) in [5.41, 5.74) is 6.63. The molecule has 18 heavy (non-hydrogen) atoms. The maximum Gasteiger partial charge on any atom is 0.236 e. The number of likely N-dealkylation sites (N-methyl/N-ethyl adjacent to an activating group) is 1. The Morgan fingerprint density at radius 1 is 1.39 bits per heavy atom. The zero-order valence-electron chi connectivity index (χ0n) is 10.5. The summed E-state index contributed by atoms with van der Waals surface area (Å²) in [7, 11) is 1.85. The fraction of sp³-hybridized carbons (Fsp3) is 0.429. The molecule has 2 N–H and O–H groups in total. The molecule has 4 heteroatoms. The van der Waals surface area contributed by atoms with Gasteiger partial charge in [-0.15, -0.1) is 0 Å². The van der Waals surface area contributed by atoms with Crippen LogP contribution < -0.4 is 5.73 Å². The number of rotatable bonds is 4. The predicted octanol–water partition coefficient (Wildman–Crippen LogP) is 2.07. The lowest BCUT2D eigenvalue weighted by Gasteiger charge is -2.36. The molecule has 0 spiro atoms. The molecular formula is C14H18N2OS. The molecule has 0 saturated heterocycles. The van der Waals surface area contributed by atoms with Crippen molar-refractivity contribution >= 4 is 23.1 Å². The van der Waals surface area contributed by atoms with Crippen molar-refractivity contribution in [2.45, 2.75) is 31.2 Å². The molecule has 1 atom stereocenters. The van der Waals surface area contributed by atoms with Crippen LogP contribution in [0.4, 0.5) is 0 Å². The van der Waals surface area contributed by atoms with Crippen molar-refractivity contribution in [2.75, 3.05) is 7.05 Å². The van der Waals surface area contributed by atoms with Gasteiger partial charge in [0.25, 0.3) is 0 Å². The van der Waals surface area contributed by atoms with Crippen LogP contribution in [0.3, 0.4) is 0 Å².